The molecule has 102 valence electrons. The average molecular weight is 303 g/mol. The molecule has 2 rings (SSSR count). The summed E-state index contributed by atoms with van der Waals surface area (Å²) in [5.41, 5.74) is 5.80. The number of nitrogens with two attached hydrogens (primary N) is 1. The van der Waals surface area contributed by atoms with E-state index in [1.165, 1.54) is 18.2 Å². The fourth-order valence-corrected chi connectivity index (χ4v) is 3.05. The summed E-state index contributed by atoms with van der Waals surface area (Å²) in [6.45, 7) is 0. The minimum absolute atomic E-state index is 0.101. The van der Waals surface area contributed by atoms with Crippen LogP contribution in [-0.2, 0) is 20.2 Å². The Kier molecular flexibility index (Phi) is 3.01. The van der Waals surface area contributed by atoms with Gasteiger partial charge in [-0.15, -0.1) is 0 Å². The normalized spacial score (nSPS) is 12.7. The van der Waals surface area contributed by atoms with Gasteiger partial charge in [-0.25, -0.2) is 0 Å². The molecule has 0 bridgehead atoms. The quantitative estimate of drug-likeness (QED) is 0.554. The van der Waals surface area contributed by atoms with Crippen molar-refractivity contribution in [2.75, 3.05) is 5.73 Å². The topological polar surface area (TPSA) is 135 Å². The lowest BCUT2D eigenvalue weighted by atomic mass is 10.1. The van der Waals surface area contributed by atoms with Crippen molar-refractivity contribution in [3.8, 4) is 0 Å². The van der Waals surface area contributed by atoms with E-state index in [1.54, 1.807) is 0 Å². The molecule has 0 aliphatic carbocycles. The van der Waals surface area contributed by atoms with Crippen LogP contribution in [-0.4, -0.2) is 25.9 Å². The maximum absolute atomic E-state index is 11.3. The van der Waals surface area contributed by atoms with Crippen molar-refractivity contribution in [3.05, 3.63) is 30.3 Å². The van der Waals surface area contributed by atoms with Gasteiger partial charge in [-0.3, -0.25) is 9.11 Å². The summed E-state index contributed by atoms with van der Waals surface area (Å²) in [7, 11) is -9.25. The fourth-order valence-electron chi connectivity index (χ4n) is 1.69. The molecule has 0 aromatic heterocycles. The first-order chi connectivity index (χ1) is 8.59. The van der Waals surface area contributed by atoms with E-state index >= 15 is 0 Å². The third-order valence-electron chi connectivity index (χ3n) is 2.49. The van der Waals surface area contributed by atoms with Crippen LogP contribution >= 0.6 is 0 Å². The molecule has 0 atom stereocenters. The van der Waals surface area contributed by atoms with Crippen molar-refractivity contribution in [3.63, 3.8) is 0 Å². The molecule has 0 saturated heterocycles. The van der Waals surface area contributed by atoms with Crippen molar-refractivity contribution in [1.82, 2.24) is 0 Å². The van der Waals surface area contributed by atoms with Crippen molar-refractivity contribution in [2.45, 2.75) is 9.79 Å². The molecule has 0 spiro atoms. The summed E-state index contributed by atoms with van der Waals surface area (Å²) in [5.74, 6) is 0. The Morgan fingerprint density at radius 3 is 2.05 bits per heavy atom. The smallest absolute Gasteiger partial charge is 0.295 e. The summed E-state index contributed by atoms with van der Waals surface area (Å²) in [5, 5.41) is 0.270. The first kappa shape index (κ1) is 13.7. The number of nitrogen functional groups attached to an aromatic ring is 1. The largest absolute Gasteiger partial charge is 0.399 e. The Balaban J connectivity index is 3.01. The van der Waals surface area contributed by atoms with Crippen LogP contribution in [0, 0.1) is 0 Å². The van der Waals surface area contributed by atoms with Crippen LogP contribution in [0.4, 0.5) is 5.69 Å². The highest BCUT2D eigenvalue weighted by molar-refractivity contribution is 7.86. The van der Waals surface area contributed by atoms with Crippen molar-refractivity contribution < 1.29 is 25.9 Å². The minimum atomic E-state index is -4.64. The predicted octanol–water partition coefficient (Wildman–Crippen LogP) is 0.915. The Bertz CT molecular complexity index is 870. The number of hydrogen-bond acceptors (Lipinski definition) is 5. The van der Waals surface area contributed by atoms with Crippen molar-refractivity contribution >= 4 is 36.7 Å². The van der Waals surface area contributed by atoms with Crippen molar-refractivity contribution in [1.29, 1.82) is 0 Å². The predicted molar refractivity (Wildman–Crippen MR) is 68.0 cm³/mol. The summed E-state index contributed by atoms with van der Waals surface area (Å²) in [4.78, 5) is -1.25. The Hall–Kier alpha value is -1.68. The van der Waals surface area contributed by atoms with Gasteiger partial charge in [0, 0.05) is 11.1 Å². The lowest BCUT2D eigenvalue weighted by molar-refractivity contribution is 0.482. The van der Waals surface area contributed by atoms with E-state index < -0.39 is 30.0 Å². The lowest BCUT2D eigenvalue weighted by Crippen LogP contribution is -2.04. The molecule has 19 heavy (non-hydrogen) atoms. The molecule has 4 N–H and O–H groups in total. The van der Waals surface area contributed by atoms with Gasteiger partial charge >= 0.3 is 0 Å². The third-order valence-corrected chi connectivity index (χ3v) is 4.21. The second-order valence-corrected chi connectivity index (χ2v) is 6.66. The van der Waals surface area contributed by atoms with Crippen LogP contribution in [0.25, 0.3) is 10.8 Å². The Morgan fingerprint density at radius 1 is 0.895 bits per heavy atom. The number of hydrogen-bond donors (Lipinski definition) is 3. The van der Waals surface area contributed by atoms with E-state index in [2.05, 4.69) is 0 Å². The van der Waals surface area contributed by atoms with E-state index in [-0.39, 0.29) is 16.5 Å². The molecule has 9 heteroatoms. The van der Waals surface area contributed by atoms with Gasteiger partial charge in [0.15, 0.2) is 0 Å². The van der Waals surface area contributed by atoms with Gasteiger partial charge in [-0.05, 0) is 29.7 Å². The molecule has 0 unspecified atom stereocenters. The molecule has 0 radical (unpaired) electrons. The van der Waals surface area contributed by atoms with Gasteiger partial charge in [0.2, 0.25) is 0 Å². The van der Waals surface area contributed by atoms with Crippen LogP contribution in [0.5, 0.6) is 0 Å². The second kappa shape index (κ2) is 4.17. The zero-order valence-corrected chi connectivity index (χ0v) is 10.9. The summed E-state index contributed by atoms with van der Waals surface area (Å²) >= 11 is 0. The standard InChI is InChI=1S/C10H9NO6S2/c11-7-1-2-9-6(3-7)4-8(18(12,13)14)5-10(9)19(15,16)17/h1-5H,11H2,(H,12,13,14)(H,15,16,17). The highest BCUT2D eigenvalue weighted by Crippen LogP contribution is 2.28. The molecular formula is C10H9NO6S2. The van der Waals surface area contributed by atoms with Crippen LogP contribution in [0.1, 0.15) is 0 Å². The SMILES string of the molecule is Nc1ccc2c(S(=O)(=O)O)cc(S(=O)(=O)O)cc2c1. The van der Waals surface area contributed by atoms with Gasteiger partial charge in [-0.1, -0.05) is 6.07 Å². The molecule has 7 nitrogen and oxygen atoms in total. The Morgan fingerprint density at radius 2 is 1.53 bits per heavy atom. The van der Waals surface area contributed by atoms with Gasteiger partial charge in [-0.2, -0.15) is 16.8 Å². The van der Waals surface area contributed by atoms with E-state index in [1.807, 2.05) is 0 Å². The number of fused-ring (bicyclic) bond motifs is 1. The zero-order valence-electron chi connectivity index (χ0n) is 9.31. The summed E-state index contributed by atoms with van der Waals surface area (Å²) in [6, 6.07) is 5.82. The van der Waals surface area contributed by atoms with Crippen LogP contribution in [0.2, 0.25) is 0 Å². The maximum Gasteiger partial charge on any atom is 0.295 e. The zero-order chi connectivity index (χ0) is 14.4. The first-order valence-corrected chi connectivity index (χ1v) is 7.75. The Labute approximate surface area is 109 Å². The molecule has 0 saturated carbocycles. The van der Waals surface area contributed by atoms with Gasteiger partial charge < -0.3 is 5.73 Å². The second-order valence-electron chi connectivity index (χ2n) is 3.85. The van der Waals surface area contributed by atoms with E-state index in [9.17, 15) is 16.8 Å². The van der Waals surface area contributed by atoms with Gasteiger partial charge in [0.25, 0.3) is 20.2 Å². The van der Waals surface area contributed by atoms with E-state index in [0.29, 0.717) is 6.07 Å². The summed E-state index contributed by atoms with van der Waals surface area (Å²) in [6.07, 6.45) is 0. The molecular weight excluding hydrogens is 294 g/mol. The average Bonchev–Trinajstić information content (AvgIpc) is 2.24. The van der Waals surface area contributed by atoms with Crippen LogP contribution in [0.3, 0.4) is 0 Å². The van der Waals surface area contributed by atoms with Crippen molar-refractivity contribution in [2.24, 2.45) is 0 Å². The van der Waals surface area contributed by atoms with Crippen LogP contribution in [0.15, 0.2) is 40.1 Å². The minimum Gasteiger partial charge on any atom is -0.399 e. The molecule has 0 aliphatic rings. The summed E-state index contributed by atoms with van der Waals surface area (Å²) < 4.78 is 62.8. The number of anilines is 1. The molecule has 0 aliphatic heterocycles. The van der Waals surface area contributed by atoms with Gasteiger partial charge in [0.05, 0.1) is 4.90 Å². The molecule has 0 amide bonds. The third kappa shape index (κ3) is 2.68. The highest BCUT2D eigenvalue weighted by atomic mass is 32.2. The monoisotopic (exact) mass is 303 g/mol. The molecule has 0 fully saturated rings. The van der Waals surface area contributed by atoms with E-state index in [4.69, 9.17) is 14.8 Å². The fraction of sp³-hybridized carbons (Fsp3) is 0. The first-order valence-electron chi connectivity index (χ1n) is 4.87. The van der Waals surface area contributed by atoms with Crippen LogP contribution < -0.4 is 5.73 Å². The maximum atomic E-state index is 11.3. The lowest BCUT2D eigenvalue weighted by Gasteiger charge is -2.07. The number of benzene rings is 2. The molecule has 2 aromatic carbocycles. The number of rotatable bonds is 2. The van der Waals surface area contributed by atoms with E-state index in [0.717, 1.165) is 6.07 Å². The molecule has 2 aromatic rings. The highest BCUT2D eigenvalue weighted by Gasteiger charge is 2.20. The molecule has 0 heterocycles. The van der Waals surface area contributed by atoms with Gasteiger partial charge in [0.1, 0.15) is 4.90 Å².